The lowest BCUT2D eigenvalue weighted by Crippen LogP contribution is -2.40. The fourth-order valence-electron chi connectivity index (χ4n) is 3.87. The van der Waals surface area contributed by atoms with E-state index in [1.54, 1.807) is 11.3 Å². The van der Waals surface area contributed by atoms with Crippen LogP contribution in [0.15, 0.2) is 57.7 Å². The van der Waals surface area contributed by atoms with Gasteiger partial charge in [-0.15, -0.1) is 0 Å². The molecule has 1 N–H and O–H groups in total. The summed E-state index contributed by atoms with van der Waals surface area (Å²) < 4.78 is 5.45. The first-order valence-electron chi connectivity index (χ1n) is 10.0. The molecule has 1 amide bonds. The molecule has 1 atom stereocenters. The van der Waals surface area contributed by atoms with Crippen LogP contribution in [0.5, 0.6) is 0 Å². The first-order chi connectivity index (χ1) is 14.8. The lowest BCUT2D eigenvalue weighted by atomic mass is 9.94. The number of carbonyl (C=O) groups excluding carboxylic acids is 1. The molecule has 1 fully saturated rings. The van der Waals surface area contributed by atoms with E-state index in [4.69, 9.17) is 4.52 Å². The molecule has 5 rings (SSSR count). The normalized spacial score (nSPS) is 16.7. The summed E-state index contributed by atoms with van der Waals surface area (Å²) in [5, 5.41) is 15.3. The Hall–Kier alpha value is -3.26. The van der Waals surface area contributed by atoms with Crippen molar-refractivity contribution < 1.29 is 9.32 Å². The molecule has 0 unspecified atom stereocenters. The third kappa shape index (κ3) is 3.91. The van der Waals surface area contributed by atoms with Crippen molar-refractivity contribution in [3.8, 4) is 22.6 Å². The summed E-state index contributed by atoms with van der Waals surface area (Å²) in [6, 6.07) is 13.7. The van der Waals surface area contributed by atoms with Gasteiger partial charge in [-0.3, -0.25) is 9.89 Å². The molecule has 4 aromatic rings. The van der Waals surface area contributed by atoms with E-state index in [1.165, 1.54) is 0 Å². The SMILES string of the molecule is O=C(c1cc(-c2ccccc2)n[nH]1)N1CCC[C@@H](Cc2nc(-c3ccsc3)no2)C1. The van der Waals surface area contributed by atoms with Crippen molar-refractivity contribution in [2.24, 2.45) is 5.92 Å². The van der Waals surface area contributed by atoms with Gasteiger partial charge < -0.3 is 9.42 Å². The summed E-state index contributed by atoms with van der Waals surface area (Å²) >= 11 is 1.61. The maximum Gasteiger partial charge on any atom is 0.271 e. The van der Waals surface area contributed by atoms with Crippen molar-refractivity contribution in [3.05, 3.63) is 64.8 Å². The number of aromatic amines is 1. The van der Waals surface area contributed by atoms with E-state index in [2.05, 4.69) is 20.3 Å². The van der Waals surface area contributed by atoms with E-state index in [0.717, 1.165) is 36.2 Å². The Morgan fingerprint density at radius 2 is 2.13 bits per heavy atom. The van der Waals surface area contributed by atoms with Crippen LogP contribution in [-0.2, 0) is 6.42 Å². The average Bonchev–Trinajstić information content (AvgIpc) is 3.55. The molecule has 8 heteroatoms. The molecule has 1 aliphatic heterocycles. The Bertz CT molecular complexity index is 1120. The minimum atomic E-state index is -0.0149. The van der Waals surface area contributed by atoms with Gasteiger partial charge in [-0.05, 0) is 36.3 Å². The number of thiophene rings is 1. The molecular weight excluding hydrogens is 398 g/mol. The van der Waals surface area contributed by atoms with Crippen LogP contribution in [0.25, 0.3) is 22.6 Å². The topological polar surface area (TPSA) is 87.9 Å². The van der Waals surface area contributed by atoms with Crippen molar-refractivity contribution >= 4 is 17.2 Å². The number of hydrogen-bond donors (Lipinski definition) is 1. The van der Waals surface area contributed by atoms with Crippen molar-refractivity contribution in [2.75, 3.05) is 13.1 Å². The Morgan fingerprint density at radius 1 is 1.23 bits per heavy atom. The van der Waals surface area contributed by atoms with E-state index < -0.39 is 0 Å². The highest BCUT2D eigenvalue weighted by Gasteiger charge is 2.27. The van der Waals surface area contributed by atoms with Crippen LogP contribution in [0, 0.1) is 5.92 Å². The van der Waals surface area contributed by atoms with Crippen molar-refractivity contribution in [1.82, 2.24) is 25.2 Å². The van der Waals surface area contributed by atoms with E-state index >= 15 is 0 Å². The minimum absolute atomic E-state index is 0.0149. The number of benzene rings is 1. The number of H-pyrrole nitrogens is 1. The molecule has 30 heavy (non-hydrogen) atoms. The zero-order chi connectivity index (χ0) is 20.3. The average molecular weight is 420 g/mol. The molecule has 0 radical (unpaired) electrons. The third-order valence-electron chi connectivity index (χ3n) is 5.39. The van der Waals surface area contributed by atoms with E-state index in [-0.39, 0.29) is 5.91 Å². The molecule has 1 aromatic carbocycles. The number of hydrogen-bond acceptors (Lipinski definition) is 6. The highest BCUT2D eigenvalue weighted by Crippen LogP contribution is 2.25. The second-order valence-electron chi connectivity index (χ2n) is 7.52. The van der Waals surface area contributed by atoms with Gasteiger partial charge in [-0.1, -0.05) is 35.5 Å². The van der Waals surface area contributed by atoms with Crippen molar-refractivity contribution in [1.29, 1.82) is 0 Å². The summed E-state index contributed by atoms with van der Waals surface area (Å²) in [6.45, 7) is 1.42. The Morgan fingerprint density at radius 3 is 2.97 bits per heavy atom. The number of nitrogens with one attached hydrogen (secondary N) is 1. The second-order valence-corrected chi connectivity index (χ2v) is 8.30. The molecule has 0 bridgehead atoms. The first-order valence-corrected chi connectivity index (χ1v) is 11.0. The van der Waals surface area contributed by atoms with E-state index in [0.29, 0.717) is 36.3 Å². The van der Waals surface area contributed by atoms with Crippen LogP contribution < -0.4 is 0 Å². The molecule has 152 valence electrons. The number of rotatable bonds is 5. The van der Waals surface area contributed by atoms with Crippen LogP contribution in [0.4, 0.5) is 0 Å². The number of nitrogens with zero attached hydrogens (tertiary/aromatic N) is 4. The van der Waals surface area contributed by atoms with Crippen LogP contribution in [0.2, 0.25) is 0 Å². The summed E-state index contributed by atoms with van der Waals surface area (Å²) in [5.41, 5.74) is 3.26. The van der Waals surface area contributed by atoms with Crippen LogP contribution in [0.3, 0.4) is 0 Å². The fraction of sp³-hybridized carbons (Fsp3) is 0.273. The zero-order valence-corrected chi connectivity index (χ0v) is 17.1. The minimum Gasteiger partial charge on any atom is -0.339 e. The summed E-state index contributed by atoms with van der Waals surface area (Å²) in [7, 11) is 0. The van der Waals surface area contributed by atoms with Crippen LogP contribution in [0.1, 0.15) is 29.2 Å². The number of amides is 1. The van der Waals surface area contributed by atoms with E-state index in [9.17, 15) is 4.79 Å². The quantitative estimate of drug-likeness (QED) is 0.522. The van der Waals surface area contributed by atoms with Gasteiger partial charge in [0.1, 0.15) is 5.69 Å². The summed E-state index contributed by atoms with van der Waals surface area (Å²) in [4.78, 5) is 19.4. The molecular formula is C22H21N5O2S. The highest BCUT2D eigenvalue weighted by atomic mass is 32.1. The van der Waals surface area contributed by atoms with Gasteiger partial charge >= 0.3 is 0 Å². The largest absolute Gasteiger partial charge is 0.339 e. The molecule has 1 saturated heterocycles. The van der Waals surface area contributed by atoms with Gasteiger partial charge in [-0.25, -0.2) is 0 Å². The first kappa shape index (κ1) is 18.7. The monoisotopic (exact) mass is 419 g/mol. The smallest absolute Gasteiger partial charge is 0.271 e. The third-order valence-corrected chi connectivity index (χ3v) is 6.08. The molecule has 3 aromatic heterocycles. The number of piperidine rings is 1. The molecule has 1 aliphatic rings. The van der Waals surface area contributed by atoms with Crippen LogP contribution in [-0.4, -0.2) is 44.2 Å². The van der Waals surface area contributed by atoms with Gasteiger partial charge in [0, 0.05) is 36.0 Å². The van der Waals surface area contributed by atoms with E-state index in [1.807, 2.05) is 58.1 Å². The summed E-state index contributed by atoms with van der Waals surface area (Å²) in [5.74, 6) is 1.54. The summed E-state index contributed by atoms with van der Waals surface area (Å²) in [6.07, 6.45) is 2.68. The molecule has 0 aliphatic carbocycles. The predicted molar refractivity (Wildman–Crippen MR) is 114 cm³/mol. The lowest BCUT2D eigenvalue weighted by Gasteiger charge is -2.31. The highest BCUT2D eigenvalue weighted by molar-refractivity contribution is 7.08. The van der Waals surface area contributed by atoms with Gasteiger partial charge in [-0.2, -0.15) is 21.4 Å². The van der Waals surface area contributed by atoms with Gasteiger partial charge in [0.25, 0.3) is 5.91 Å². The molecule has 7 nitrogen and oxygen atoms in total. The maximum absolute atomic E-state index is 13.0. The van der Waals surface area contributed by atoms with Gasteiger partial charge in [0.05, 0.1) is 5.69 Å². The number of carbonyl (C=O) groups is 1. The number of likely N-dealkylation sites (tertiary alicyclic amines) is 1. The Balaban J connectivity index is 1.24. The fourth-order valence-corrected chi connectivity index (χ4v) is 4.50. The molecule has 0 saturated carbocycles. The van der Waals surface area contributed by atoms with Crippen LogP contribution >= 0.6 is 11.3 Å². The van der Waals surface area contributed by atoms with Crippen molar-refractivity contribution in [3.63, 3.8) is 0 Å². The van der Waals surface area contributed by atoms with Gasteiger partial charge in [0.15, 0.2) is 0 Å². The second kappa shape index (κ2) is 8.23. The maximum atomic E-state index is 13.0. The predicted octanol–water partition coefficient (Wildman–Crippen LogP) is 4.28. The molecule has 0 spiro atoms. The lowest BCUT2D eigenvalue weighted by molar-refractivity contribution is 0.0662. The zero-order valence-electron chi connectivity index (χ0n) is 16.3. The number of aromatic nitrogens is 4. The standard InChI is InChI=1S/C22H21N5O2S/c28-22(19-12-18(24-25-19)16-6-2-1-3-7-16)27-9-4-5-15(13-27)11-20-23-21(26-29-20)17-8-10-30-14-17/h1-3,6-8,10,12,14-15H,4-5,9,11,13H2,(H,24,25)/t15-/m0/s1. The van der Waals surface area contributed by atoms with Gasteiger partial charge in [0.2, 0.25) is 11.7 Å². The van der Waals surface area contributed by atoms with Crippen molar-refractivity contribution in [2.45, 2.75) is 19.3 Å². The molecule has 4 heterocycles. The Labute approximate surface area is 177 Å². The Kier molecular flexibility index (Phi) is 5.15.